The first-order chi connectivity index (χ1) is 10.9. The smallest absolute Gasteiger partial charge is 0.254 e. The van der Waals surface area contributed by atoms with Crippen LogP contribution in [0.1, 0.15) is 54.4 Å². The molecule has 0 aromatic heterocycles. The Labute approximate surface area is 137 Å². The molecular weight excluding hydrogens is 312 g/mol. The molecule has 1 aliphatic heterocycles. The largest absolute Gasteiger partial charge is 0.335 e. The quantitative estimate of drug-likeness (QED) is 0.900. The van der Waals surface area contributed by atoms with Gasteiger partial charge < -0.3 is 4.90 Å². The van der Waals surface area contributed by atoms with E-state index >= 15 is 0 Å². The van der Waals surface area contributed by atoms with Crippen LogP contribution in [0.3, 0.4) is 0 Å². The topological polar surface area (TPSA) is 80.5 Å². The molecule has 1 aromatic carbocycles. The third-order valence-corrected chi connectivity index (χ3v) is 6.18. The van der Waals surface area contributed by atoms with Crippen molar-refractivity contribution in [1.29, 1.82) is 0 Å². The highest BCUT2D eigenvalue weighted by Gasteiger charge is 2.36. The van der Waals surface area contributed by atoms with Crippen LogP contribution in [0, 0.1) is 12.8 Å². The van der Waals surface area contributed by atoms with Gasteiger partial charge in [0.1, 0.15) is 0 Å². The summed E-state index contributed by atoms with van der Waals surface area (Å²) in [6, 6.07) is 4.86. The van der Waals surface area contributed by atoms with Crippen molar-refractivity contribution in [2.24, 2.45) is 11.1 Å². The molecule has 2 N–H and O–H groups in total. The Hall–Kier alpha value is -1.40. The van der Waals surface area contributed by atoms with E-state index in [0.29, 0.717) is 17.5 Å². The summed E-state index contributed by atoms with van der Waals surface area (Å²) in [6.45, 7) is 2.60. The Morgan fingerprint density at radius 1 is 1.17 bits per heavy atom. The van der Waals surface area contributed by atoms with E-state index in [1.54, 1.807) is 6.07 Å². The fraction of sp³-hybridized carbons (Fsp3) is 0.588. The maximum absolute atomic E-state index is 13.0. The monoisotopic (exact) mass is 336 g/mol. The van der Waals surface area contributed by atoms with E-state index < -0.39 is 10.0 Å². The predicted molar refractivity (Wildman–Crippen MR) is 88.6 cm³/mol. The summed E-state index contributed by atoms with van der Waals surface area (Å²) in [5.74, 6) is 0.549. The molecule has 0 spiro atoms. The SMILES string of the molecule is Cc1ccc(S(N)(=O)=O)cc1C(=O)N1CCC[C@@H]2CCCC[C@@H]21. The lowest BCUT2D eigenvalue weighted by Crippen LogP contribution is -2.49. The number of nitrogens with two attached hydrogens (primary N) is 1. The van der Waals surface area contributed by atoms with Crippen molar-refractivity contribution >= 4 is 15.9 Å². The maximum Gasteiger partial charge on any atom is 0.254 e. The summed E-state index contributed by atoms with van der Waals surface area (Å²) >= 11 is 0. The molecule has 2 atom stereocenters. The van der Waals surface area contributed by atoms with Gasteiger partial charge in [-0.05, 0) is 56.2 Å². The number of carbonyl (C=O) groups excluding carboxylic acids is 1. The highest BCUT2D eigenvalue weighted by molar-refractivity contribution is 7.89. The van der Waals surface area contributed by atoms with E-state index in [9.17, 15) is 13.2 Å². The average molecular weight is 336 g/mol. The normalized spacial score (nSPS) is 25.0. The third-order valence-electron chi connectivity index (χ3n) is 5.27. The van der Waals surface area contributed by atoms with Crippen LogP contribution in [0.5, 0.6) is 0 Å². The molecule has 5 nitrogen and oxygen atoms in total. The van der Waals surface area contributed by atoms with E-state index in [2.05, 4.69) is 0 Å². The van der Waals surface area contributed by atoms with Gasteiger partial charge in [-0.15, -0.1) is 0 Å². The van der Waals surface area contributed by atoms with E-state index in [0.717, 1.165) is 24.9 Å². The molecule has 2 fully saturated rings. The number of aryl methyl sites for hydroxylation is 1. The minimum atomic E-state index is -3.80. The lowest BCUT2D eigenvalue weighted by Gasteiger charge is -2.44. The number of benzene rings is 1. The second-order valence-electron chi connectivity index (χ2n) is 6.77. The summed E-state index contributed by atoms with van der Waals surface area (Å²) in [6.07, 6.45) is 6.91. The van der Waals surface area contributed by atoms with Crippen LogP contribution in [-0.2, 0) is 10.0 Å². The molecule has 1 saturated carbocycles. The van der Waals surface area contributed by atoms with Gasteiger partial charge >= 0.3 is 0 Å². The Kier molecular flexibility index (Phi) is 4.47. The fourth-order valence-corrected chi connectivity index (χ4v) is 4.58. The number of hydrogen-bond donors (Lipinski definition) is 1. The maximum atomic E-state index is 13.0. The molecule has 1 aromatic rings. The summed E-state index contributed by atoms with van der Waals surface area (Å²) in [4.78, 5) is 15.0. The van der Waals surface area contributed by atoms with Gasteiger partial charge in [0.05, 0.1) is 4.90 Å². The first-order valence-electron chi connectivity index (χ1n) is 8.32. The highest BCUT2D eigenvalue weighted by atomic mass is 32.2. The van der Waals surface area contributed by atoms with Crippen LogP contribution in [0.25, 0.3) is 0 Å². The number of carbonyl (C=O) groups is 1. The van der Waals surface area contributed by atoms with E-state index in [-0.39, 0.29) is 10.8 Å². The molecule has 0 bridgehead atoms. The predicted octanol–water partition coefficient (Wildman–Crippen LogP) is 2.44. The first kappa shape index (κ1) is 16.5. The zero-order valence-electron chi connectivity index (χ0n) is 13.5. The molecule has 1 saturated heterocycles. The van der Waals surface area contributed by atoms with Crippen molar-refractivity contribution in [3.63, 3.8) is 0 Å². The standard InChI is InChI=1S/C17H24N2O3S/c1-12-8-9-14(23(18,21)22)11-15(12)17(20)19-10-4-6-13-5-2-3-7-16(13)19/h8-9,11,13,16H,2-7,10H2,1H3,(H2,18,21,22)/t13-,16-/m0/s1. The van der Waals surface area contributed by atoms with Crippen molar-refractivity contribution in [1.82, 2.24) is 4.90 Å². The third kappa shape index (κ3) is 3.28. The van der Waals surface area contributed by atoms with Crippen LogP contribution in [0.15, 0.2) is 23.1 Å². The molecule has 6 heteroatoms. The molecule has 0 unspecified atom stereocenters. The fourth-order valence-electron chi connectivity index (χ4n) is 4.04. The molecule has 3 rings (SSSR count). The van der Waals surface area contributed by atoms with Gasteiger partial charge in [0.25, 0.3) is 5.91 Å². The van der Waals surface area contributed by atoms with Gasteiger partial charge in [0, 0.05) is 18.2 Å². The Bertz CT molecular complexity index is 713. The number of piperidine rings is 1. The number of primary sulfonamides is 1. The lowest BCUT2D eigenvalue weighted by atomic mass is 9.78. The number of nitrogens with zero attached hydrogens (tertiary/aromatic N) is 1. The number of likely N-dealkylation sites (tertiary alicyclic amines) is 1. The number of amides is 1. The molecule has 2 aliphatic rings. The number of rotatable bonds is 2. The highest BCUT2D eigenvalue weighted by Crippen LogP contribution is 2.36. The van der Waals surface area contributed by atoms with Crippen molar-refractivity contribution in [2.75, 3.05) is 6.54 Å². The second kappa shape index (κ2) is 6.24. The minimum absolute atomic E-state index is 0.00338. The lowest BCUT2D eigenvalue weighted by molar-refractivity contribution is 0.0390. The molecule has 1 aliphatic carbocycles. The Balaban J connectivity index is 1.93. The van der Waals surface area contributed by atoms with E-state index in [4.69, 9.17) is 5.14 Å². The van der Waals surface area contributed by atoms with Gasteiger partial charge in [-0.3, -0.25) is 4.79 Å². The molecule has 126 valence electrons. The summed E-state index contributed by atoms with van der Waals surface area (Å²) in [7, 11) is -3.80. The van der Waals surface area contributed by atoms with Crippen LogP contribution in [0.4, 0.5) is 0 Å². The van der Waals surface area contributed by atoms with E-state index in [1.165, 1.54) is 37.8 Å². The van der Waals surface area contributed by atoms with Crippen molar-refractivity contribution in [3.05, 3.63) is 29.3 Å². The Morgan fingerprint density at radius 2 is 1.87 bits per heavy atom. The van der Waals surface area contributed by atoms with E-state index in [1.807, 2.05) is 11.8 Å². The molecule has 1 heterocycles. The molecule has 1 amide bonds. The Morgan fingerprint density at radius 3 is 2.61 bits per heavy atom. The van der Waals surface area contributed by atoms with Crippen LogP contribution < -0.4 is 5.14 Å². The molecule has 23 heavy (non-hydrogen) atoms. The van der Waals surface area contributed by atoms with Crippen LogP contribution >= 0.6 is 0 Å². The first-order valence-corrected chi connectivity index (χ1v) is 9.87. The van der Waals surface area contributed by atoms with Crippen molar-refractivity contribution in [3.8, 4) is 0 Å². The van der Waals surface area contributed by atoms with Gasteiger partial charge in [-0.25, -0.2) is 13.6 Å². The zero-order valence-corrected chi connectivity index (χ0v) is 14.3. The summed E-state index contributed by atoms with van der Waals surface area (Å²) < 4.78 is 23.2. The van der Waals surface area contributed by atoms with Crippen molar-refractivity contribution in [2.45, 2.75) is 56.4 Å². The van der Waals surface area contributed by atoms with Gasteiger partial charge in [-0.2, -0.15) is 0 Å². The molecule has 0 radical (unpaired) electrons. The van der Waals surface area contributed by atoms with Gasteiger partial charge in [0.15, 0.2) is 0 Å². The number of hydrogen-bond acceptors (Lipinski definition) is 3. The van der Waals surface area contributed by atoms with Crippen LogP contribution in [-0.4, -0.2) is 31.8 Å². The van der Waals surface area contributed by atoms with Gasteiger partial charge in [-0.1, -0.05) is 18.9 Å². The number of sulfonamides is 1. The van der Waals surface area contributed by atoms with Crippen LogP contribution in [0.2, 0.25) is 0 Å². The van der Waals surface area contributed by atoms with Gasteiger partial charge in [0.2, 0.25) is 10.0 Å². The number of fused-ring (bicyclic) bond motifs is 1. The minimum Gasteiger partial charge on any atom is -0.335 e. The average Bonchev–Trinajstić information content (AvgIpc) is 2.53. The second-order valence-corrected chi connectivity index (χ2v) is 8.34. The molecular formula is C17H24N2O3S. The zero-order chi connectivity index (χ0) is 16.6. The summed E-state index contributed by atoms with van der Waals surface area (Å²) in [5, 5.41) is 5.21. The van der Waals surface area contributed by atoms with Crippen molar-refractivity contribution < 1.29 is 13.2 Å². The summed E-state index contributed by atoms with van der Waals surface area (Å²) in [5.41, 5.74) is 1.25.